The average molecular weight is 353 g/mol. The summed E-state index contributed by atoms with van der Waals surface area (Å²) in [6, 6.07) is 13.4. The zero-order valence-electron chi connectivity index (χ0n) is 14.5. The molecule has 1 aliphatic rings. The minimum Gasteiger partial charge on any atom is -0.467 e. The van der Waals surface area contributed by atoms with E-state index in [1.54, 1.807) is 30.5 Å². The number of amides is 1. The van der Waals surface area contributed by atoms with Crippen LogP contribution in [0.15, 0.2) is 63.6 Å². The molecule has 0 bridgehead atoms. The van der Waals surface area contributed by atoms with Gasteiger partial charge >= 0.3 is 0 Å². The van der Waals surface area contributed by atoms with E-state index < -0.39 is 11.7 Å². The Balaban J connectivity index is 1.57. The van der Waals surface area contributed by atoms with Gasteiger partial charge in [0, 0.05) is 5.92 Å². The summed E-state index contributed by atoms with van der Waals surface area (Å²) in [6.07, 6.45) is 2.69. The number of halogens is 1. The van der Waals surface area contributed by atoms with Gasteiger partial charge in [0.25, 0.3) is 5.91 Å². The van der Waals surface area contributed by atoms with Crippen molar-refractivity contribution in [2.24, 2.45) is 5.92 Å². The van der Waals surface area contributed by atoms with E-state index in [2.05, 4.69) is 6.92 Å². The lowest BCUT2D eigenvalue weighted by molar-refractivity contribution is 0.0699. The monoisotopic (exact) mass is 353 g/mol. The molecular formula is C21H20FNO3. The molecule has 1 saturated carbocycles. The molecule has 2 unspecified atom stereocenters. The SMILES string of the molecule is CC1CC1c1ccc(CN(Cc2ccco2)C(=O)c2ccccc2F)o1. The standard InChI is InChI=1S/C21H20FNO3/c1-14-11-18(14)20-9-8-16(26-20)13-23(12-15-5-4-10-25-15)21(24)17-6-2-3-7-19(17)22/h2-10,14,18H,11-13H2,1H3. The lowest BCUT2D eigenvalue weighted by Crippen LogP contribution is -2.30. The Kier molecular flexibility index (Phi) is 4.37. The highest BCUT2D eigenvalue weighted by Crippen LogP contribution is 2.47. The highest BCUT2D eigenvalue weighted by molar-refractivity contribution is 5.94. The fourth-order valence-corrected chi connectivity index (χ4v) is 3.18. The molecule has 0 N–H and O–H groups in total. The van der Waals surface area contributed by atoms with Crippen LogP contribution in [-0.4, -0.2) is 10.8 Å². The van der Waals surface area contributed by atoms with Crippen LogP contribution in [0.25, 0.3) is 0 Å². The predicted octanol–water partition coefficient (Wildman–Crippen LogP) is 4.98. The topological polar surface area (TPSA) is 46.6 Å². The second-order valence-corrected chi connectivity index (χ2v) is 6.84. The second kappa shape index (κ2) is 6.83. The third-order valence-electron chi connectivity index (χ3n) is 4.82. The van der Waals surface area contributed by atoms with E-state index in [4.69, 9.17) is 8.83 Å². The molecule has 2 aromatic heterocycles. The maximum atomic E-state index is 14.1. The van der Waals surface area contributed by atoms with Crippen molar-refractivity contribution in [2.75, 3.05) is 0 Å². The van der Waals surface area contributed by atoms with Crippen molar-refractivity contribution in [2.45, 2.75) is 32.4 Å². The molecule has 3 aromatic rings. The fourth-order valence-electron chi connectivity index (χ4n) is 3.18. The highest BCUT2D eigenvalue weighted by Gasteiger charge is 2.36. The van der Waals surface area contributed by atoms with Crippen LogP contribution in [-0.2, 0) is 13.1 Å². The van der Waals surface area contributed by atoms with Crippen molar-refractivity contribution in [1.82, 2.24) is 4.90 Å². The van der Waals surface area contributed by atoms with E-state index in [0.29, 0.717) is 23.4 Å². The molecule has 4 rings (SSSR count). The van der Waals surface area contributed by atoms with Gasteiger partial charge in [-0.25, -0.2) is 4.39 Å². The van der Waals surface area contributed by atoms with Crippen molar-refractivity contribution in [3.63, 3.8) is 0 Å². The van der Waals surface area contributed by atoms with E-state index in [0.717, 1.165) is 12.2 Å². The number of hydrogen-bond donors (Lipinski definition) is 0. The van der Waals surface area contributed by atoms with Gasteiger partial charge in [-0.3, -0.25) is 4.79 Å². The Morgan fingerprint density at radius 1 is 1.12 bits per heavy atom. The van der Waals surface area contributed by atoms with E-state index in [1.807, 2.05) is 12.1 Å². The van der Waals surface area contributed by atoms with Gasteiger partial charge in [-0.15, -0.1) is 0 Å². The highest BCUT2D eigenvalue weighted by atomic mass is 19.1. The number of benzene rings is 1. The van der Waals surface area contributed by atoms with Crippen LogP contribution < -0.4 is 0 Å². The fraction of sp³-hybridized carbons (Fsp3) is 0.286. The molecule has 1 aliphatic carbocycles. The Bertz CT molecular complexity index is 900. The van der Waals surface area contributed by atoms with Crippen LogP contribution in [0.1, 0.15) is 46.9 Å². The van der Waals surface area contributed by atoms with Gasteiger partial charge in [0.15, 0.2) is 0 Å². The van der Waals surface area contributed by atoms with Crippen LogP contribution >= 0.6 is 0 Å². The van der Waals surface area contributed by atoms with Gasteiger partial charge in [0.2, 0.25) is 0 Å². The predicted molar refractivity (Wildman–Crippen MR) is 93.9 cm³/mol. The maximum Gasteiger partial charge on any atom is 0.257 e. The molecule has 2 heterocycles. The molecule has 1 fully saturated rings. The summed E-state index contributed by atoms with van der Waals surface area (Å²) in [6.45, 7) is 2.70. The Hall–Kier alpha value is -2.82. The first-order valence-corrected chi connectivity index (χ1v) is 8.76. The normalized spacial score (nSPS) is 18.7. The quantitative estimate of drug-likeness (QED) is 0.628. The average Bonchev–Trinajstić information content (AvgIpc) is 3.05. The van der Waals surface area contributed by atoms with Gasteiger partial charge in [-0.1, -0.05) is 19.1 Å². The summed E-state index contributed by atoms with van der Waals surface area (Å²) in [4.78, 5) is 14.4. The molecule has 26 heavy (non-hydrogen) atoms. The van der Waals surface area contributed by atoms with Crippen molar-refractivity contribution >= 4 is 5.91 Å². The largest absolute Gasteiger partial charge is 0.467 e. The first-order chi connectivity index (χ1) is 12.6. The molecule has 0 spiro atoms. The first kappa shape index (κ1) is 16.6. The number of carbonyl (C=O) groups excluding carboxylic acids is 1. The molecule has 1 amide bonds. The smallest absolute Gasteiger partial charge is 0.257 e. The summed E-state index contributed by atoms with van der Waals surface area (Å²) in [7, 11) is 0. The minimum absolute atomic E-state index is 0.0432. The third-order valence-corrected chi connectivity index (χ3v) is 4.82. The van der Waals surface area contributed by atoms with Crippen LogP contribution in [0.4, 0.5) is 4.39 Å². The molecule has 4 nitrogen and oxygen atoms in total. The molecule has 0 radical (unpaired) electrons. The molecule has 134 valence electrons. The Morgan fingerprint density at radius 3 is 2.58 bits per heavy atom. The van der Waals surface area contributed by atoms with Gasteiger partial charge in [-0.05, 0) is 48.7 Å². The number of furan rings is 2. The zero-order valence-corrected chi connectivity index (χ0v) is 14.5. The Labute approximate surface area is 151 Å². The number of nitrogens with zero attached hydrogens (tertiary/aromatic N) is 1. The molecule has 5 heteroatoms. The number of rotatable bonds is 6. The number of hydrogen-bond acceptors (Lipinski definition) is 3. The van der Waals surface area contributed by atoms with Crippen LogP contribution in [0.5, 0.6) is 0 Å². The summed E-state index contributed by atoms with van der Waals surface area (Å²) < 4.78 is 25.4. The van der Waals surface area contributed by atoms with Gasteiger partial charge in [0.1, 0.15) is 23.1 Å². The van der Waals surface area contributed by atoms with Crippen LogP contribution in [0.3, 0.4) is 0 Å². The van der Waals surface area contributed by atoms with Crippen molar-refractivity contribution in [3.8, 4) is 0 Å². The molecule has 1 aromatic carbocycles. The van der Waals surface area contributed by atoms with Crippen molar-refractivity contribution < 1.29 is 18.0 Å². The van der Waals surface area contributed by atoms with Gasteiger partial charge < -0.3 is 13.7 Å². The van der Waals surface area contributed by atoms with Crippen LogP contribution in [0.2, 0.25) is 0 Å². The lowest BCUT2D eigenvalue weighted by Gasteiger charge is -2.21. The summed E-state index contributed by atoms with van der Waals surface area (Å²) in [5.74, 6) is 2.49. The Morgan fingerprint density at radius 2 is 1.88 bits per heavy atom. The third kappa shape index (κ3) is 3.43. The molecule has 0 saturated heterocycles. The van der Waals surface area contributed by atoms with Crippen molar-refractivity contribution in [1.29, 1.82) is 0 Å². The van der Waals surface area contributed by atoms with E-state index in [9.17, 15) is 9.18 Å². The van der Waals surface area contributed by atoms with Crippen molar-refractivity contribution in [3.05, 3.63) is 83.5 Å². The molecule has 2 atom stereocenters. The summed E-state index contributed by atoms with van der Waals surface area (Å²) in [5, 5.41) is 0. The second-order valence-electron chi connectivity index (χ2n) is 6.84. The molecular weight excluding hydrogens is 333 g/mol. The lowest BCUT2D eigenvalue weighted by atomic mass is 10.1. The zero-order chi connectivity index (χ0) is 18.1. The van der Waals surface area contributed by atoms with E-state index in [1.165, 1.54) is 17.0 Å². The van der Waals surface area contributed by atoms with Gasteiger partial charge in [-0.2, -0.15) is 0 Å². The van der Waals surface area contributed by atoms with Crippen LogP contribution in [0, 0.1) is 11.7 Å². The minimum atomic E-state index is -0.533. The summed E-state index contributed by atoms with van der Waals surface area (Å²) in [5.41, 5.74) is 0.0432. The van der Waals surface area contributed by atoms with Gasteiger partial charge in [0.05, 0.1) is 24.9 Å². The maximum absolute atomic E-state index is 14.1. The first-order valence-electron chi connectivity index (χ1n) is 8.76. The van der Waals surface area contributed by atoms with E-state index in [-0.39, 0.29) is 18.7 Å². The number of carbonyl (C=O) groups is 1. The summed E-state index contributed by atoms with van der Waals surface area (Å²) >= 11 is 0. The molecule has 0 aliphatic heterocycles. The van der Waals surface area contributed by atoms with E-state index >= 15 is 0 Å².